The van der Waals surface area contributed by atoms with Crippen molar-refractivity contribution in [2.75, 3.05) is 0 Å². The van der Waals surface area contributed by atoms with E-state index in [9.17, 15) is 18.9 Å². The van der Waals surface area contributed by atoms with E-state index in [0.717, 1.165) is 6.20 Å². The van der Waals surface area contributed by atoms with E-state index in [1.54, 1.807) is 0 Å². The monoisotopic (exact) mass is 344 g/mol. The highest BCUT2D eigenvalue weighted by Gasteiger charge is 2.26. The second-order valence-corrected chi connectivity index (χ2v) is 3.93. The number of hydrogen-bond acceptors (Lipinski definition) is 3. The quantitative estimate of drug-likeness (QED) is 0.478. The number of pyridine rings is 1. The zero-order chi connectivity index (χ0) is 11.6. The fraction of sp³-hybridized carbons (Fsp3) is 0.286. The molecule has 0 saturated carbocycles. The number of rotatable bonds is 3. The van der Waals surface area contributed by atoms with Gasteiger partial charge in [-0.15, -0.1) is 0 Å². The highest BCUT2D eigenvalue weighted by Crippen LogP contribution is 2.35. The lowest BCUT2D eigenvalue weighted by atomic mass is 10.2. The average Bonchev–Trinajstić information content (AvgIpc) is 2.15. The van der Waals surface area contributed by atoms with Crippen LogP contribution in [0.3, 0.4) is 0 Å². The zero-order valence-corrected chi connectivity index (χ0v) is 10.3. The molecule has 1 rings (SSSR count). The molecule has 1 aromatic heterocycles. The van der Waals surface area contributed by atoms with E-state index in [1.807, 2.05) is 0 Å². The molecule has 0 aliphatic rings. The summed E-state index contributed by atoms with van der Waals surface area (Å²) in [4.78, 5) is 13.4. The molecular formula is C7H4Br2F2N2O2. The number of nitrogens with zero attached hydrogens (tertiary/aromatic N) is 2. The molecule has 0 atom stereocenters. The summed E-state index contributed by atoms with van der Waals surface area (Å²) in [5.74, 6) is 0. The summed E-state index contributed by atoms with van der Waals surface area (Å²) in [5, 5.41) is 10.6. The van der Waals surface area contributed by atoms with Crippen LogP contribution in [-0.4, -0.2) is 9.91 Å². The van der Waals surface area contributed by atoms with Gasteiger partial charge in [-0.2, -0.15) is 0 Å². The van der Waals surface area contributed by atoms with Crippen molar-refractivity contribution in [3.05, 3.63) is 32.0 Å². The summed E-state index contributed by atoms with van der Waals surface area (Å²) in [5.41, 5.74) is -1.05. The van der Waals surface area contributed by atoms with Gasteiger partial charge in [0.05, 0.1) is 10.5 Å². The average molecular weight is 346 g/mol. The van der Waals surface area contributed by atoms with E-state index in [1.165, 1.54) is 0 Å². The highest BCUT2D eigenvalue weighted by molar-refractivity contribution is 9.10. The third-order valence-corrected chi connectivity index (χ3v) is 2.80. The van der Waals surface area contributed by atoms with Crippen LogP contribution in [0, 0.1) is 10.1 Å². The molecular weight excluding hydrogens is 342 g/mol. The summed E-state index contributed by atoms with van der Waals surface area (Å²) in [7, 11) is 0. The molecule has 0 fully saturated rings. The Kier molecular flexibility index (Phi) is 4.09. The molecule has 82 valence electrons. The van der Waals surface area contributed by atoms with Gasteiger partial charge in [-0.25, -0.2) is 8.78 Å². The Labute approximate surface area is 100 Å². The second kappa shape index (κ2) is 4.93. The van der Waals surface area contributed by atoms with Gasteiger partial charge in [-0.3, -0.25) is 15.1 Å². The fourth-order valence-electron chi connectivity index (χ4n) is 1.05. The largest absolute Gasteiger partial charge is 0.291 e. The molecule has 0 spiro atoms. The van der Waals surface area contributed by atoms with E-state index in [2.05, 4.69) is 36.8 Å². The minimum absolute atomic E-state index is 0.0462. The SMILES string of the molecule is O=[N+]([O-])c1c(Br)cnc(C(F)F)c1CBr. The summed E-state index contributed by atoms with van der Waals surface area (Å²) in [6, 6.07) is 0. The van der Waals surface area contributed by atoms with Crippen molar-refractivity contribution in [3.8, 4) is 0 Å². The topological polar surface area (TPSA) is 56.0 Å². The summed E-state index contributed by atoms with van der Waals surface area (Å²) < 4.78 is 25.0. The van der Waals surface area contributed by atoms with E-state index in [0.29, 0.717) is 0 Å². The maximum absolute atomic E-state index is 12.5. The van der Waals surface area contributed by atoms with Crippen LogP contribution in [0.4, 0.5) is 14.5 Å². The van der Waals surface area contributed by atoms with Gasteiger partial charge in [0, 0.05) is 11.5 Å². The number of alkyl halides is 3. The number of halogens is 4. The first-order valence-electron chi connectivity index (χ1n) is 3.64. The van der Waals surface area contributed by atoms with Gasteiger partial charge in [-0.05, 0) is 15.9 Å². The Morgan fingerprint density at radius 3 is 2.60 bits per heavy atom. The molecule has 0 aromatic carbocycles. The predicted molar refractivity (Wildman–Crippen MR) is 56.2 cm³/mol. The minimum Gasteiger partial charge on any atom is -0.258 e. The van der Waals surface area contributed by atoms with Gasteiger partial charge in [0.1, 0.15) is 10.2 Å². The third-order valence-electron chi connectivity index (χ3n) is 1.66. The Morgan fingerprint density at radius 2 is 2.20 bits per heavy atom. The van der Waals surface area contributed by atoms with Crippen molar-refractivity contribution in [3.63, 3.8) is 0 Å². The van der Waals surface area contributed by atoms with E-state index >= 15 is 0 Å². The molecule has 0 bridgehead atoms. The van der Waals surface area contributed by atoms with Crippen LogP contribution >= 0.6 is 31.9 Å². The van der Waals surface area contributed by atoms with Crippen molar-refractivity contribution in [1.82, 2.24) is 4.98 Å². The molecule has 0 amide bonds. The van der Waals surface area contributed by atoms with E-state index in [4.69, 9.17) is 0 Å². The summed E-state index contributed by atoms with van der Waals surface area (Å²) in [6.45, 7) is 0. The summed E-state index contributed by atoms with van der Waals surface area (Å²) >= 11 is 5.83. The van der Waals surface area contributed by atoms with Gasteiger partial charge in [0.15, 0.2) is 0 Å². The first kappa shape index (κ1) is 12.4. The first-order valence-corrected chi connectivity index (χ1v) is 5.56. The fourth-order valence-corrected chi connectivity index (χ4v) is 2.09. The number of nitro groups is 1. The Balaban J connectivity index is 3.47. The van der Waals surface area contributed by atoms with Crippen LogP contribution in [-0.2, 0) is 5.33 Å². The molecule has 8 heteroatoms. The van der Waals surface area contributed by atoms with Gasteiger partial charge in [0.2, 0.25) is 0 Å². The molecule has 0 unspecified atom stereocenters. The first-order chi connectivity index (χ1) is 6.99. The molecule has 4 nitrogen and oxygen atoms in total. The predicted octanol–water partition coefficient (Wildman–Crippen LogP) is 3.58. The van der Waals surface area contributed by atoms with E-state index in [-0.39, 0.29) is 21.1 Å². The lowest BCUT2D eigenvalue weighted by Gasteiger charge is -2.06. The molecule has 0 saturated heterocycles. The number of aromatic nitrogens is 1. The molecule has 0 aliphatic heterocycles. The van der Waals surface area contributed by atoms with Gasteiger partial charge in [0.25, 0.3) is 12.1 Å². The van der Waals surface area contributed by atoms with Crippen molar-refractivity contribution in [2.24, 2.45) is 0 Å². The maximum Gasteiger partial charge on any atom is 0.291 e. The Hall–Kier alpha value is -0.630. The minimum atomic E-state index is -2.83. The maximum atomic E-state index is 12.5. The molecule has 0 aliphatic carbocycles. The Morgan fingerprint density at radius 1 is 1.60 bits per heavy atom. The molecule has 1 heterocycles. The van der Waals surface area contributed by atoms with Crippen molar-refractivity contribution < 1.29 is 13.7 Å². The van der Waals surface area contributed by atoms with Crippen molar-refractivity contribution in [1.29, 1.82) is 0 Å². The van der Waals surface area contributed by atoms with Crippen molar-refractivity contribution >= 4 is 37.5 Å². The standard InChI is InChI=1S/C7H4Br2F2N2O2/c8-1-3-5(7(10)11)12-2-4(9)6(3)13(14)15/h2,7H,1H2. The van der Waals surface area contributed by atoms with Crippen LogP contribution in [0.5, 0.6) is 0 Å². The van der Waals surface area contributed by atoms with E-state index < -0.39 is 17.0 Å². The molecule has 15 heavy (non-hydrogen) atoms. The van der Waals surface area contributed by atoms with Gasteiger partial charge in [-0.1, -0.05) is 15.9 Å². The number of hydrogen-bond donors (Lipinski definition) is 0. The zero-order valence-electron chi connectivity index (χ0n) is 7.08. The second-order valence-electron chi connectivity index (χ2n) is 2.51. The molecule has 1 aromatic rings. The lowest BCUT2D eigenvalue weighted by Crippen LogP contribution is -2.03. The third kappa shape index (κ3) is 2.49. The van der Waals surface area contributed by atoms with Crippen LogP contribution in [0.15, 0.2) is 10.7 Å². The van der Waals surface area contributed by atoms with Crippen molar-refractivity contribution in [2.45, 2.75) is 11.8 Å². The van der Waals surface area contributed by atoms with Crippen LogP contribution in [0.2, 0.25) is 0 Å². The smallest absolute Gasteiger partial charge is 0.258 e. The summed E-state index contributed by atoms with van der Waals surface area (Å²) in [6.07, 6.45) is -1.82. The lowest BCUT2D eigenvalue weighted by molar-refractivity contribution is -0.386. The Bertz CT molecular complexity index is 401. The van der Waals surface area contributed by atoms with Gasteiger partial charge < -0.3 is 0 Å². The van der Waals surface area contributed by atoms with Gasteiger partial charge >= 0.3 is 0 Å². The highest BCUT2D eigenvalue weighted by atomic mass is 79.9. The van der Waals surface area contributed by atoms with Crippen LogP contribution in [0.25, 0.3) is 0 Å². The molecule has 0 radical (unpaired) electrons. The normalized spacial score (nSPS) is 10.7. The van der Waals surface area contributed by atoms with Crippen LogP contribution < -0.4 is 0 Å². The molecule has 0 N–H and O–H groups in total. The van der Waals surface area contributed by atoms with Crippen LogP contribution in [0.1, 0.15) is 17.7 Å².